The summed E-state index contributed by atoms with van der Waals surface area (Å²) in [6.07, 6.45) is 1.04. The fourth-order valence-corrected chi connectivity index (χ4v) is 2.48. The van der Waals surface area contributed by atoms with Crippen molar-refractivity contribution in [3.8, 4) is 5.75 Å². The van der Waals surface area contributed by atoms with Gasteiger partial charge in [0.05, 0.1) is 24.5 Å². The zero-order valence-corrected chi connectivity index (χ0v) is 12.2. The van der Waals surface area contributed by atoms with E-state index in [0.29, 0.717) is 6.04 Å². The third kappa shape index (κ3) is 2.99. The Morgan fingerprint density at radius 1 is 1.05 bits per heavy atom. The first-order valence-corrected chi connectivity index (χ1v) is 6.60. The Kier molecular flexibility index (Phi) is 4.74. The van der Waals surface area contributed by atoms with E-state index in [9.17, 15) is 0 Å². The van der Waals surface area contributed by atoms with E-state index in [0.717, 1.165) is 24.4 Å². The Morgan fingerprint density at radius 3 is 2.65 bits per heavy atom. The quantitative estimate of drug-likeness (QED) is 0.874. The van der Waals surface area contributed by atoms with E-state index in [-0.39, 0.29) is 12.4 Å². The number of rotatable bonds is 2. The molecule has 0 amide bonds. The minimum absolute atomic E-state index is 0. The van der Waals surface area contributed by atoms with Crippen LogP contribution in [0.15, 0.2) is 48.5 Å². The lowest BCUT2D eigenvalue weighted by Gasteiger charge is -2.18. The molecule has 1 aliphatic heterocycles. The zero-order chi connectivity index (χ0) is 13.1. The van der Waals surface area contributed by atoms with Crippen LogP contribution in [0.4, 0.5) is 11.4 Å². The largest absolute Gasteiger partial charge is 0.497 e. The van der Waals surface area contributed by atoms with Gasteiger partial charge in [0, 0.05) is 6.54 Å². The van der Waals surface area contributed by atoms with Crippen molar-refractivity contribution in [1.29, 1.82) is 0 Å². The number of anilines is 2. The third-order valence-electron chi connectivity index (χ3n) is 3.50. The number of nitrogens with one attached hydrogen (secondary N) is 2. The van der Waals surface area contributed by atoms with Gasteiger partial charge in [-0.15, -0.1) is 12.4 Å². The van der Waals surface area contributed by atoms with Gasteiger partial charge in [-0.3, -0.25) is 0 Å². The first-order chi connectivity index (χ1) is 9.36. The van der Waals surface area contributed by atoms with Gasteiger partial charge in [-0.05, 0) is 36.2 Å². The summed E-state index contributed by atoms with van der Waals surface area (Å²) in [5.41, 5.74) is 3.60. The topological polar surface area (TPSA) is 33.3 Å². The summed E-state index contributed by atoms with van der Waals surface area (Å²) in [6, 6.07) is 16.9. The summed E-state index contributed by atoms with van der Waals surface area (Å²) in [5, 5.41) is 7.07. The number of hydrogen-bond donors (Lipinski definition) is 2. The lowest BCUT2D eigenvalue weighted by molar-refractivity contribution is 0.414. The molecule has 2 aromatic carbocycles. The summed E-state index contributed by atoms with van der Waals surface area (Å²) in [7, 11) is 1.70. The summed E-state index contributed by atoms with van der Waals surface area (Å²) in [6.45, 7) is 0.964. The molecule has 0 radical (unpaired) electrons. The van der Waals surface area contributed by atoms with Gasteiger partial charge in [-0.2, -0.15) is 0 Å². The lowest BCUT2D eigenvalue weighted by atomic mass is 10.0. The Labute approximate surface area is 125 Å². The summed E-state index contributed by atoms with van der Waals surface area (Å²) in [4.78, 5) is 0. The molecule has 4 heteroatoms. The molecule has 0 bridgehead atoms. The fourth-order valence-electron chi connectivity index (χ4n) is 2.48. The van der Waals surface area contributed by atoms with Crippen LogP contribution >= 0.6 is 12.4 Å². The molecule has 20 heavy (non-hydrogen) atoms. The molecule has 0 saturated heterocycles. The van der Waals surface area contributed by atoms with Gasteiger partial charge in [0.15, 0.2) is 0 Å². The molecule has 0 saturated carbocycles. The van der Waals surface area contributed by atoms with E-state index in [4.69, 9.17) is 4.74 Å². The lowest BCUT2D eigenvalue weighted by Crippen LogP contribution is -2.11. The van der Waals surface area contributed by atoms with Crippen molar-refractivity contribution in [2.75, 3.05) is 24.3 Å². The molecule has 1 aliphatic rings. The Balaban J connectivity index is 0.00000147. The molecule has 0 spiro atoms. The van der Waals surface area contributed by atoms with Crippen molar-refractivity contribution in [3.63, 3.8) is 0 Å². The predicted octanol–water partition coefficient (Wildman–Crippen LogP) is 4.09. The predicted molar refractivity (Wildman–Crippen MR) is 86.2 cm³/mol. The van der Waals surface area contributed by atoms with Gasteiger partial charge in [0.2, 0.25) is 0 Å². The Hall–Kier alpha value is -1.87. The maximum Gasteiger partial charge on any atom is 0.119 e. The molecule has 1 heterocycles. The van der Waals surface area contributed by atoms with Crippen LogP contribution in [0.25, 0.3) is 0 Å². The number of halogens is 1. The molecule has 0 aliphatic carbocycles. The summed E-state index contributed by atoms with van der Waals surface area (Å²) >= 11 is 0. The molecule has 0 fully saturated rings. The normalized spacial score (nSPS) is 16.8. The average Bonchev–Trinajstić information content (AvgIpc) is 2.69. The second-order valence-corrected chi connectivity index (χ2v) is 4.73. The van der Waals surface area contributed by atoms with Crippen LogP contribution < -0.4 is 15.4 Å². The molecule has 1 atom stereocenters. The van der Waals surface area contributed by atoms with Crippen LogP contribution in [0.1, 0.15) is 18.0 Å². The van der Waals surface area contributed by atoms with Crippen molar-refractivity contribution < 1.29 is 4.74 Å². The number of methoxy groups -OCH3 is 1. The first-order valence-electron chi connectivity index (χ1n) is 6.60. The van der Waals surface area contributed by atoms with E-state index < -0.39 is 0 Å². The molecular weight excluding hydrogens is 272 g/mol. The third-order valence-corrected chi connectivity index (χ3v) is 3.50. The smallest absolute Gasteiger partial charge is 0.119 e. The van der Waals surface area contributed by atoms with Gasteiger partial charge >= 0.3 is 0 Å². The number of fused-ring (bicyclic) bond motifs is 1. The molecular formula is C16H19ClN2O. The van der Waals surface area contributed by atoms with Crippen LogP contribution in [-0.4, -0.2) is 13.7 Å². The minimum atomic E-state index is 0. The van der Waals surface area contributed by atoms with Gasteiger partial charge < -0.3 is 15.4 Å². The van der Waals surface area contributed by atoms with E-state index >= 15 is 0 Å². The van der Waals surface area contributed by atoms with Crippen molar-refractivity contribution in [2.45, 2.75) is 12.5 Å². The molecule has 106 valence electrons. The summed E-state index contributed by atoms with van der Waals surface area (Å²) in [5.74, 6) is 0.907. The van der Waals surface area contributed by atoms with Crippen LogP contribution in [-0.2, 0) is 0 Å². The standard InChI is InChI=1S/C16H18N2O.ClH/c1-19-13-6-4-5-12(11-13)14-9-10-17-15-7-2-3-8-16(15)18-14;/h2-8,11,14,17-18H,9-10H2,1H3;1H. The molecule has 3 nitrogen and oxygen atoms in total. The number of hydrogen-bond acceptors (Lipinski definition) is 3. The SMILES string of the molecule is COc1cccc(C2CCNc3ccccc3N2)c1.Cl. The van der Waals surface area contributed by atoms with Gasteiger partial charge in [0.25, 0.3) is 0 Å². The maximum absolute atomic E-state index is 5.30. The van der Waals surface area contributed by atoms with E-state index in [1.54, 1.807) is 7.11 Å². The highest BCUT2D eigenvalue weighted by Crippen LogP contribution is 2.32. The molecule has 1 unspecified atom stereocenters. The highest BCUT2D eigenvalue weighted by Gasteiger charge is 2.16. The van der Waals surface area contributed by atoms with Gasteiger partial charge in [-0.1, -0.05) is 24.3 Å². The molecule has 3 rings (SSSR count). The van der Waals surface area contributed by atoms with Crippen molar-refractivity contribution in [2.24, 2.45) is 0 Å². The minimum Gasteiger partial charge on any atom is -0.497 e. The van der Waals surface area contributed by atoms with Crippen LogP contribution in [0.2, 0.25) is 0 Å². The highest BCUT2D eigenvalue weighted by molar-refractivity contribution is 5.85. The monoisotopic (exact) mass is 290 g/mol. The first kappa shape index (κ1) is 14.5. The van der Waals surface area contributed by atoms with Crippen molar-refractivity contribution in [1.82, 2.24) is 0 Å². The van der Waals surface area contributed by atoms with E-state index in [1.807, 2.05) is 12.1 Å². The highest BCUT2D eigenvalue weighted by atomic mass is 35.5. The number of ether oxygens (including phenoxy) is 1. The van der Waals surface area contributed by atoms with Crippen LogP contribution in [0, 0.1) is 0 Å². The van der Waals surface area contributed by atoms with Crippen molar-refractivity contribution >= 4 is 23.8 Å². The van der Waals surface area contributed by atoms with Gasteiger partial charge in [0.1, 0.15) is 5.75 Å². The number of para-hydroxylation sites is 2. The van der Waals surface area contributed by atoms with Crippen molar-refractivity contribution in [3.05, 3.63) is 54.1 Å². The maximum atomic E-state index is 5.30. The number of benzene rings is 2. The molecule has 2 aromatic rings. The van der Waals surface area contributed by atoms with Gasteiger partial charge in [-0.25, -0.2) is 0 Å². The molecule has 2 N–H and O–H groups in total. The Bertz CT molecular complexity index is 574. The average molecular weight is 291 g/mol. The Morgan fingerprint density at radius 2 is 1.85 bits per heavy atom. The van der Waals surface area contributed by atoms with Crippen LogP contribution in [0.3, 0.4) is 0 Å². The molecule has 0 aromatic heterocycles. The summed E-state index contributed by atoms with van der Waals surface area (Å²) < 4.78 is 5.30. The van der Waals surface area contributed by atoms with E-state index in [2.05, 4.69) is 47.0 Å². The zero-order valence-electron chi connectivity index (χ0n) is 11.4. The van der Waals surface area contributed by atoms with E-state index in [1.165, 1.54) is 11.3 Å². The second-order valence-electron chi connectivity index (χ2n) is 4.73. The fraction of sp³-hybridized carbons (Fsp3) is 0.250. The second kappa shape index (κ2) is 6.53. The van der Waals surface area contributed by atoms with Crippen LogP contribution in [0.5, 0.6) is 5.75 Å².